The fourth-order valence-electron chi connectivity index (χ4n) is 2.73. The van der Waals surface area contributed by atoms with Crippen molar-refractivity contribution in [1.29, 1.82) is 0 Å². The molecule has 0 atom stereocenters. The first kappa shape index (κ1) is 19.0. The van der Waals surface area contributed by atoms with Crippen molar-refractivity contribution < 1.29 is 19.1 Å². The van der Waals surface area contributed by atoms with Crippen molar-refractivity contribution in [2.24, 2.45) is 5.73 Å². The summed E-state index contributed by atoms with van der Waals surface area (Å²) in [4.78, 5) is 27.2. The molecule has 0 aromatic heterocycles. The molecule has 0 radical (unpaired) electrons. The average Bonchev–Trinajstić information content (AvgIpc) is 2.65. The lowest BCUT2D eigenvalue weighted by Gasteiger charge is -2.34. The molecule has 0 bridgehead atoms. The minimum absolute atomic E-state index is 0.00309. The first-order chi connectivity index (χ1) is 12.0. The third-order valence-corrected chi connectivity index (χ3v) is 4.16. The molecule has 0 saturated carbocycles. The van der Waals surface area contributed by atoms with Crippen LogP contribution >= 0.6 is 0 Å². The first-order valence-corrected chi connectivity index (χ1v) is 8.24. The van der Waals surface area contributed by atoms with Crippen molar-refractivity contribution in [2.45, 2.75) is 6.54 Å². The molecule has 1 fully saturated rings. The summed E-state index contributed by atoms with van der Waals surface area (Å²) in [6.45, 7) is 3.48. The summed E-state index contributed by atoms with van der Waals surface area (Å²) in [6.07, 6.45) is 0. The Morgan fingerprint density at radius 3 is 2.20 bits per heavy atom. The fraction of sp³-hybridized carbons (Fsp3) is 0.529. The number of amides is 2. The van der Waals surface area contributed by atoms with Gasteiger partial charge in [-0.1, -0.05) is 0 Å². The van der Waals surface area contributed by atoms with Crippen LogP contribution in [0.4, 0.5) is 0 Å². The Labute approximate surface area is 147 Å². The minimum atomic E-state index is -0.320. The zero-order valence-electron chi connectivity index (χ0n) is 14.8. The van der Waals surface area contributed by atoms with Gasteiger partial charge in [0.2, 0.25) is 11.8 Å². The van der Waals surface area contributed by atoms with Gasteiger partial charge in [0.25, 0.3) is 0 Å². The number of hydrogen-bond acceptors (Lipinski definition) is 6. The molecular formula is C17H26N4O4. The number of methoxy groups -OCH3 is 2. The molecular weight excluding hydrogens is 324 g/mol. The number of hydrogen-bond donors (Lipinski definition) is 2. The van der Waals surface area contributed by atoms with Gasteiger partial charge in [0.05, 0.1) is 27.3 Å². The third-order valence-electron chi connectivity index (χ3n) is 4.16. The Morgan fingerprint density at radius 1 is 1.08 bits per heavy atom. The number of nitrogens with two attached hydrogens (primary N) is 1. The molecule has 2 amide bonds. The van der Waals surface area contributed by atoms with Crippen LogP contribution in [0.2, 0.25) is 0 Å². The molecule has 2 rings (SSSR count). The van der Waals surface area contributed by atoms with E-state index < -0.39 is 0 Å². The first-order valence-electron chi connectivity index (χ1n) is 8.24. The number of ether oxygens (including phenoxy) is 2. The molecule has 3 N–H and O–H groups in total. The quantitative estimate of drug-likeness (QED) is 0.683. The molecule has 1 aliphatic heterocycles. The normalized spacial score (nSPS) is 14.9. The SMILES string of the molecule is COc1cc(CN2CCN(C(=O)CNC(=O)CN)CC2)cc(OC)c1. The highest BCUT2D eigenvalue weighted by Crippen LogP contribution is 2.23. The van der Waals surface area contributed by atoms with Crippen molar-refractivity contribution in [3.05, 3.63) is 23.8 Å². The van der Waals surface area contributed by atoms with Crippen molar-refractivity contribution in [3.63, 3.8) is 0 Å². The van der Waals surface area contributed by atoms with Crippen LogP contribution in [0.25, 0.3) is 0 Å². The topological polar surface area (TPSA) is 97.1 Å². The predicted molar refractivity (Wildman–Crippen MR) is 93.5 cm³/mol. The van der Waals surface area contributed by atoms with Crippen LogP contribution in [0.1, 0.15) is 5.56 Å². The van der Waals surface area contributed by atoms with E-state index in [1.54, 1.807) is 19.1 Å². The number of carbonyl (C=O) groups excluding carboxylic acids is 2. The number of carbonyl (C=O) groups is 2. The molecule has 0 unspecified atom stereocenters. The lowest BCUT2D eigenvalue weighted by atomic mass is 10.1. The molecule has 1 aliphatic rings. The Balaban J connectivity index is 1.84. The van der Waals surface area contributed by atoms with Crippen LogP contribution in [0, 0.1) is 0 Å². The van der Waals surface area contributed by atoms with Crippen molar-refractivity contribution in [2.75, 3.05) is 53.5 Å². The Kier molecular flexibility index (Phi) is 7.03. The number of rotatable bonds is 7. The summed E-state index contributed by atoms with van der Waals surface area (Å²) in [5.41, 5.74) is 6.31. The second kappa shape index (κ2) is 9.24. The molecule has 0 spiro atoms. The molecule has 25 heavy (non-hydrogen) atoms. The van der Waals surface area contributed by atoms with E-state index in [-0.39, 0.29) is 24.9 Å². The van der Waals surface area contributed by atoms with Gasteiger partial charge >= 0.3 is 0 Å². The van der Waals surface area contributed by atoms with Gasteiger partial charge in [-0.05, 0) is 17.7 Å². The fourth-order valence-corrected chi connectivity index (χ4v) is 2.73. The smallest absolute Gasteiger partial charge is 0.242 e. The predicted octanol–water partition coefficient (Wildman–Crippen LogP) is -0.577. The van der Waals surface area contributed by atoms with Gasteiger partial charge in [-0.2, -0.15) is 0 Å². The Bertz CT molecular complexity index is 578. The van der Waals surface area contributed by atoms with Gasteiger partial charge in [0.15, 0.2) is 0 Å². The van der Waals surface area contributed by atoms with Crippen LogP contribution in [-0.4, -0.2) is 75.1 Å². The van der Waals surface area contributed by atoms with Crippen molar-refractivity contribution in [1.82, 2.24) is 15.1 Å². The van der Waals surface area contributed by atoms with E-state index in [4.69, 9.17) is 15.2 Å². The average molecular weight is 350 g/mol. The summed E-state index contributed by atoms with van der Waals surface area (Å²) < 4.78 is 10.6. The van der Waals surface area contributed by atoms with Crippen LogP contribution < -0.4 is 20.5 Å². The van der Waals surface area contributed by atoms with Gasteiger partial charge in [-0.3, -0.25) is 14.5 Å². The van der Waals surface area contributed by atoms with Gasteiger partial charge in [-0.25, -0.2) is 0 Å². The molecule has 1 aromatic rings. The second-order valence-electron chi connectivity index (χ2n) is 5.86. The van der Waals surface area contributed by atoms with E-state index in [9.17, 15) is 9.59 Å². The highest BCUT2D eigenvalue weighted by Gasteiger charge is 2.21. The zero-order chi connectivity index (χ0) is 18.2. The maximum absolute atomic E-state index is 12.1. The molecule has 0 aliphatic carbocycles. The van der Waals surface area contributed by atoms with Gasteiger partial charge in [0, 0.05) is 38.8 Å². The number of nitrogens with one attached hydrogen (secondary N) is 1. The largest absolute Gasteiger partial charge is 0.497 e. The number of piperazine rings is 1. The van der Waals surface area contributed by atoms with E-state index in [2.05, 4.69) is 10.2 Å². The number of nitrogens with zero attached hydrogens (tertiary/aromatic N) is 2. The summed E-state index contributed by atoms with van der Waals surface area (Å²) in [6, 6.07) is 5.82. The molecule has 1 heterocycles. The van der Waals surface area contributed by atoms with Crippen LogP contribution in [0.15, 0.2) is 18.2 Å². The highest BCUT2D eigenvalue weighted by atomic mass is 16.5. The summed E-state index contributed by atoms with van der Waals surface area (Å²) in [5, 5.41) is 2.51. The third kappa shape index (κ3) is 5.61. The number of benzene rings is 1. The van der Waals surface area contributed by atoms with E-state index in [0.717, 1.165) is 36.7 Å². The van der Waals surface area contributed by atoms with E-state index in [1.165, 1.54) is 0 Å². The molecule has 8 heteroatoms. The summed E-state index contributed by atoms with van der Waals surface area (Å²) in [5.74, 6) is 1.13. The maximum Gasteiger partial charge on any atom is 0.242 e. The second-order valence-corrected chi connectivity index (χ2v) is 5.86. The summed E-state index contributed by atoms with van der Waals surface area (Å²) >= 11 is 0. The van der Waals surface area contributed by atoms with Gasteiger partial charge in [-0.15, -0.1) is 0 Å². The van der Waals surface area contributed by atoms with Crippen LogP contribution in [-0.2, 0) is 16.1 Å². The highest BCUT2D eigenvalue weighted by molar-refractivity contribution is 5.85. The molecule has 1 saturated heterocycles. The maximum atomic E-state index is 12.1. The summed E-state index contributed by atoms with van der Waals surface area (Å²) in [7, 11) is 3.26. The lowest BCUT2D eigenvalue weighted by molar-refractivity contribution is -0.134. The van der Waals surface area contributed by atoms with Gasteiger partial charge < -0.3 is 25.4 Å². The van der Waals surface area contributed by atoms with E-state index in [1.807, 2.05) is 18.2 Å². The molecule has 138 valence electrons. The molecule has 1 aromatic carbocycles. The Morgan fingerprint density at radius 2 is 1.68 bits per heavy atom. The minimum Gasteiger partial charge on any atom is -0.497 e. The van der Waals surface area contributed by atoms with Crippen LogP contribution in [0.5, 0.6) is 11.5 Å². The van der Waals surface area contributed by atoms with E-state index in [0.29, 0.717) is 13.1 Å². The van der Waals surface area contributed by atoms with E-state index >= 15 is 0 Å². The Hall–Kier alpha value is -2.32. The monoisotopic (exact) mass is 350 g/mol. The lowest BCUT2D eigenvalue weighted by Crippen LogP contribution is -2.51. The van der Waals surface area contributed by atoms with Gasteiger partial charge in [0.1, 0.15) is 11.5 Å². The van der Waals surface area contributed by atoms with Crippen molar-refractivity contribution in [3.8, 4) is 11.5 Å². The zero-order valence-corrected chi connectivity index (χ0v) is 14.8. The van der Waals surface area contributed by atoms with Crippen LogP contribution in [0.3, 0.4) is 0 Å². The molecule has 8 nitrogen and oxygen atoms in total. The standard InChI is InChI=1S/C17H26N4O4/c1-24-14-7-13(8-15(9-14)25-2)12-20-3-5-21(6-4-20)17(23)11-19-16(22)10-18/h7-9H,3-6,10-12,18H2,1-2H3,(H,19,22). The van der Waals surface area contributed by atoms with Crippen molar-refractivity contribution >= 4 is 11.8 Å².